The van der Waals surface area contributed by atoms with Crippen LogP contribution in [-0.4, -0.2) is 15.8 Å². The lowest BCUT2D eigenvalue weighted by Crippen LogP contribution is -1.95. The standard InChI is InChI=1S/C15H18N2O/c1-10-4-7-13(8-5-10)15-12(3)16-14(17-15)9-6-11(2)18/h4-5,7-8H,6,9H2,1-3H3,(H,16,17). The first-order valence-corrected chi connectivity index (χ1v) is 6.18. The normalized spacial score (nSPS) is 10.6. The van der Waals surface area contributed by atoms with E-state index in [-0.39, 0.29) is 5.78 Å². The number of nitrogens with one attached hydrogen (secondary N) is 1. The molecule has 18 heavy (non-hydrogen) atoms. The van der Waals surface area contributed by atoms with Gasteiger partial charge < -0.3 is 9.78 Å². The van der Waals surface area contributed by atoms with Crippen LogP contribution in [0.5, 0.6) is 0 Å². The first-order chi connectivity index (χ1) is 8.56. The van der Waals surface area contributed by atoms with Crippen molar-refractivity contribution >= 4 is 5.78 Å². The fraction of sp³-hybridized carbons (Fsp3) is 0.333. The summed E-state index contributed by atoms with van der Waals surface area (Å²) in [6.45, 7) is 5.69. The first kappa shape index (κ1) is 12.6. The molecular formula is C15H18N2O. The van der Waals surface area contributed by atoms with Gasteiger partial charge in [0, 0.05) is 24.1 Å². The van der Waals surface area contributed by atoms with Crippen molar-refractivity contribution in [1.29, 1.82) is 0 Å². The summed E-state index contributed by atoms with van der Waals surface area (Å²) in [6, 6.07) is 8.32. The Balaban J connectivity index is 2.23. The van der Waals surface area contributed by atoms with E-state index in [1.807, 2.05) is 6.92 Å². The van der Waals surface area contributed by atoms with Crippen molar-refractivity contribution in [3.8, 4) is 11.3 Å². The smallest absolute Gasteiger partial charge is 0.130 e. The van der Waals surface area contributed by atoms with Crippen LogP contribution in [-0.2, 0) is 11.2 Å². The van der Waals surface area contributed by atoms with Crippen LogP contribution in [0.4, 0.5) is 0 Å². The maximum absolute atomic E-state index is 11.0. The van der Waals surface area contributed by atoms with Crippen LogP contribution < -0.4 is 0 Å². The number of benzene rings is 1. The van der Waals surface area contributed by atoms with E-state index in [4.69, 9.17) is 0 Å². The Labute approximate surface area is 107 Å². The number of imidazole rings is 1. The fourth-order valence-corrected chi connectivity index (χ4v) is 1.93. The molecule has 0 bridgehead atoms. The average Bonchev–Trinajstić information content (AvgIpc) is 2.69. The molecule has 0 aliphatic carbocycles. The van der Waals surface area contributed by atoms with Gasteiger partial charge in [0.2, 0.25) is 0 Å². The number of Topliss-reactive ketones (excluding diaryl/α,β-unsaturated/α-hetero) is 1. The predicted octanol–water partition coefficient (Wildman–Crippen LogP) is 3.22. The third-order valence-corrected chi connectivity index (χ3v) is 2.97. The molecule has 1 heterocycles. The van der Waals surface area contributed by atoms with E-state index in [9.17, 15) is 4.79 Å². The number of carbonyl (C=O) groups excluding carboxylic acids is 1. The average molecular weight is 242 g/mol. The first-order valence-electron chi connectivity index (χ1n) is 6.18. The van der Waals surface area contributed by atoms with Crippen LogP contribution >= 0.6 is 0 Å². The summed E-state index contributed by atoms with van der Waals surface area (Å²) >= 11 is 0. The summed E-state index contributed by atoms with van der Waals surface area (Å²) in [5.41, 5.74) is 4.39. The highest BCUT2D eigenvalue weighted by Crippen LogP contribution is 2.21. The number of ketones is 1. The minimum Gasteiger partial charge on any atom is -0.346 e. The molecule has 0 radical (unpaired) electrons. The van der Waals surface area contributed by atoms with E-state index >= 15 is 0 Å². The van der Waals surface area contributed by atoms with E-state index in [2.05, 4.69) is 41.2 Å². The van der Waals surface area contributed by atoms with Gasteiger partial charge in [-0.15, -0.1) is 0 Å². The van der Waals surface area contributed by atoms with Crippen molar-refractivity contribution in [2.45, 2.75) is 33.6 Å². The molecule has 1 aromatic heterocycles. The minimum absolute atomic E-state index is 0.195. The predicted molar refractivity (Wildman–Crippen MR) is 72.5 cm³/mol. The van der Waals surface area contributed by atoms with Crippen LogP contribution in [0.15, 0.2) is 24.3 Å². The molecule has 3 nitrogen and oxygen atoms in total. The topological polar surface area (TPSA) is 45.8 Å². The Morgan fingerprint density at radius 2 is 1.89 bits per heavy atom. The molecule has 94 valence electrons. The highest BCUT2D eigenvalue weighted by atomic mass is 16.1. The van der Waals surface area contributed by atoms with Crippen molar-refractivity contribution in [3.05, 3.63) is 41.3 Å². The van der Waals surface area contributed by atoms with Gasteiger partial charge in [0.05, 0.1) is 5.69 Å². The van der Waals surface area contributed by atoms with E-state index in [0.29, 0.717) is 12.8 Å². The van der Waals surface area contributed by atoms with Crippen LogP contribution in [0.3, 0.4) is 0 Å². The molecule has 3 heteroatoms. The van der Waals surface area contributed by atoms with Gasteiger partial charge in [0.25, 0.3) is 0 Å². The third-order valence-electron chi connectivity index (χ3n) is 2.97. The highest BCUT2D eigenvalue weighted by molar-refractivity contribution is 5.75. The Hall–Kier alpha value is -1.90. The maximum atomic E-state index is 11.0. The zero-order valence-corrected chi connectivity index (χ0v) is 11.1. The molecule has 2 aromatic rings. The minimum atomic E-state index is 0.195. The van der Waals surface area contributed by atoms with Gasteiger partial charge in [-0.1, -0.05) is 29.8 Å². The summed E-state index contributed by atoms with van der Waals surface area (Å²) in [6.07, 6.45) is 1.22. The number of rotatable bonds is 4. The molecule has 0 saturated carbocycles. The molecule has 0 aliphatic heterocycles. The second kappa shape index (κ2) is 5.17. The number of aryl methyl sites for hydroxylation is 3. The molecule has 0 fully saturated rings. The summed E-state index contributed by atoms with van der Waals surface area (Å²) in [5, 5.41) is 0. The van der Waals surface area contributed by atoms with Crippen molar-refractivity contribution in [3.63, 3.8) is 0 Å². The zero-order chi connectivity index (χ0) is 13.1. The van der Waals surface area contributed by atoms with Gasteiger partial charge in [0.15, 0.2) is 0 Å². The molecule has 0 saturated heterocycles. The van der Waals surface area contributed by atoms with E-state index in [1.165, 1.54) is 5.56 Å². The van der Waals surface area contributed by atoms with E-state index in [1.54, 1.807) is 6.92 Å². The maximum Gasteiger partial charge on any atom is 0.130 e. The molecule has 0 spiro atoms. The third kappa shape index (κ3) is 2.86. The SMILES string of the molecule is CC(=O)CCc1nc(-c2ccc(C)cc2)c(C)[nH]1. The lowest BCUT2D eigenvalue weighted by atomic mass is 10.1. The zero-order valence-electron chi connectivity index (χ0n) is 11.1. The molecule has 0 unspecified atom stereocenters. The van der Waals surface area contributed by atoms with Gasteiger partial charge >= 0.3 is 0 Å². The van der Waals surface area contributed by atoms with Gasteiger partial charge in [-0.25, -0.2) is 4.98 Å². The number of hydrogen-bond acceptors (Lipinski definition) is 2. The number of nitrogens with zero attached hydrogens (tertiary/aromatic N) is 1. The van der Waals surface area contributed by atoms with E-state index in [0.717, 1.165) is 22.8 Å². The Morgan fingerprint density at radius 1 is 1.22 bits per heavy atom. The lowest BCUT2D eigenvalue weighted by molar-refractivity contribution is -0.117. The van der Waals surface area contributed by atoms with Crippen molar-refractivity contribution in [2.24, 2.45) is 0 Å². The molecule has 1 N–H and O–H groups in total. The summed E-state index contributed by atoms with van der Waals surface area (Å²) in [7, 11) is 0. The number of H-pyrrole nitrogens is 1. The van der Waals surface area contributed by atoms with Crippen LogP contribution in [0, 0.1) is 13.8 Å². The number of aromatic nitrogens is 2. The molecule has 0 aliphatic rings. The van der Waals surface area contributed by atoms with Gasteiger partial charge in [-0.2, -0.15) is 0 Å². The Morgan fingerprint density at radius 3 is 2.50 bits per heavy atom. The fourth-order valence-electron chi connectivity index (χ4n) is 1.93. The monoisotopic (exact) mass is 242 g/mol. The largest absolute Gasteiger partial charge is 0.346 e. The summed E-state index contributed by atoms with van der Waals surface area (Å²) in [4.78, 5) is 18.8. The van der Waals surface area contributed by atoms with Crippen molar-refractivity contribution in [1.82, 2.24) is 9.97 Å². The second-order valence-electron chi connectivity index (χ2n) is 4.73. The molecule has 1 aromatic carbocycles. The van der Waals surface area contributed by atoms with Crippen molar-refractivity contribution in [2.75, 3.05) is 0 Å². The lowest BCUT2D eigenvalue weighted by Gasteiger charge is -1.98. The van der Waals surface area contributed by atoms with Gasteiger partial charge in [0.1, 0.15) is 11.6 Å². The molecule has 2 rings (SSSR count). The number of hydrogen-bond donors (Lipinski definition) is 1. The highest BCUT2D eigenvalue weighted by Gasteiger charge is 2.09. The Bertz CT molecular complexity index is 552. The summed E-state index contributed by atoms with van der Waals surface area (Å²) < 4.78 is 0. The molecular weight excluding hydrogens is 224 g/mol. The summed E-state index contributed by atoms with van der Waals surface area (Å²) in [5.74, 6) is 1.08. The van der Waals surface area contributed by atoms with Gasteiger partial charge in [-0.05, 0) is 20.8 Å². The van der Waals surface area contributed by atoms with E-state index < -0.39 is 0 Å². The number of carbonyl (C=O) groups is 1. The van der Waals surface area contributed by atoms with Crippen molar-refractivity contribution < 1.29 is 4.79 Å². The van der Waals surface area contributed by atoms with Crippen LogP contribution in [0.2, 0.25) is 0 Å². The van der Waals surface area contributed by atoms with Crippen LogP contribution in [0.25, 0.3) is 11.3 Å². The van der Waals surface area contributed by atoms with Crippen LogP contribution in [0.1, 0.15) is 30.4 Å². The molecule has 0 amide bonds. The Kier molecular flexibility index (Phi) is 3.60. The van der Waals surface area contributed by atoms with Gasteiger partial charge in [-0.3, -0.25) is 0 Å². The number of aromatic amines is 1. The quantitative estimate of drug-likeness (QED) is 0.894. The molecule has 0 atom stereocenters. The second-order valence-corrected chi connectivity index (χ2v) is 4.73.